The fraction of sp³-hybridized carbons (Fsp3) is 0.943. The van der Waals surface area contributed by atoms with E-state index in [9.17, 15) is 71.2 Å². The number of carboxylic acids is 1. The molecule has 75 heavy (non-hydrogen) atoms. The van der Waals surface area contributed by atoms with Crippen LogP contribution in [0, 0.1) is 50.2 Å². The van der Waals surface area contributed by atoms with E-state index in [1.807, 2.05) is 6.92 Å². The molecule has 0 radical (unpaired) electrons. The Kier molecular flexibility index (Phi) is 16.3. The molecular weight excluding hydrogens is 989 g/mol. The second-order valence-electron chi connectivity index (χ2n) is 25.7. The summed E-state index contributed by atoms with van der Waals surface area (Å²) < 4.78 is 47.8. The van der Waals surface area contributed by atoms with Crippen molar-refractivity contribution in [3.05, 3.63) is 11.6 Å². The van der Waals surface area contributed by atoms with Crippen LogP contribution in [0.1, 0.15) is 113 Å². The molecule has 13 N–H and O–H groups in total. The summed E-state index contributed by atoms with van der Waals surface area (Å²) in [6, 6.07) is 0. The van der Waals surface area contributed by atoms with Crippen molar-refractivity contribution in [1.29, 1.82) is 0 Å². The monoisotopic (exact) mass is 1070 g/mol. The summed E-state index contributed by atoms with van der Waals surface area (Å²) in [6.07, 6.45) is -22.4. The predicted octanol–water partition coefficient (Wildman–Crippen LogP) is -0.830. The Hall–Kier alpha value is -1.59. The van der Waals surface area contributed by atoms with Crippen LogP contribution in [-0.4, -0.2) is 222 Å². The molecule has 0 amide bonds. The smallest absolute Gasteiger partial charge is 0.310 e. The minimum absolute atomic E-state index is 0.0289. The Morgan fingerprint density at radius 1 is 0.613 bits per heavy atom. The van der Waals surface area contributed by atoms with Gasteiger partial charge in [-0.05, 0) is 111 Å². The first kappa shape index (κ1) is 58.1. The van der Waals surface area contributed by atoms with Gasteiger partial charge in [0.2, 0.25) is 0 Å². The largest absolute Gasteiger partial charge is 0.481 e. The average Bonchev–Trinajstić information content (AvgIpc) is 3.44. The molecular formula is C53H86O22. The number of carbonyl (C=O) groups is 1. The number of aliphatic hydroxyl groups excluding tert-OH is 12. The van der Waals surface area contributed by atoms with E-state index in [1.54, 1.807) is 0 Å². The van der Waals surface area contributed by atoms with Crippen LogP contribution in [0.4, 0.5) is 0 Å². The van der Waals surface area contributed by atoms with E-state index >= 15 is 0 Å². The number of fused-ring (bicyclic) bond motifs is 7. The standard InChI is InChI=1S/C53H86O22/c1-23-32(58)41(74-44-38(64)36(62)40(28(20-55)71-44)73-43-37(63)35(61)34(60)27(19-54)70-43)39(65)45(69-23)75-42-33(59)26(57)21-68-46(42)72-31-11-12-49(4)29(50(31,5)22-56)10-13-52(7)30(49)9-8-24-25-18-48(2,3)14-16-53(25,47(66)67)17-15-51(24,52)6/h8,23,25-46,54-65H,9-22H2,1-7H3,(H,66,67)/t23-,25?,26-,27-,28-,29?,30?,31?,32-,33-,34-,35+,36-,37-,38-,39+,40-,41+,42+,43+,44+,45+,46+,49?,50+,51-,52?,53?/m1/s1. The van der Waals surface area contributed by atoms with Gasteiger partial charge in [0.05, 0.1) is 44.1 Å². The number of aliphatic hydroxyl groups is 12. The van der Waals surface area contributed by atoms with E-state index in [2.05, 4.69) is 40.7 Å². The zero-order valence-corrected chi connectivity index (χ0v) is 44.2. The summed E-state index contributed by atoms with van der Waals surface area (Å²) in [4.78, 5) is 13.2. The second-order valence-corrected chi connectivity index (χ2v) is 25.7. The van der Waals surface area contributed by atoms with Crippen molar-refractivity contribution in [3.8, 4) is 0 Å². The molecule has 4 saturated heterocycles. The molecule has 4 aliphatic heterocycles. The molecule has 0 aromatic rings. The maximum absolute atomic E-state index is 13.2. The third kappa shape index (κ3) is 9.40. The van der Waals surface area contributed by atoms with E-state index < -0.39 is 153 Å². The molecule has 0 aromatic heterocycles. The van der Waals surface area contributed by atoms with Gasteiger partial charge in [-0.3, -0.25) is 4.79 Å². The molecule has 4 heterocycles. The lowest BCUT2D eigenvalue weighted by molar-refractivity contribution is -0.390. The maximum Gasteiger partial charge on any atom is 0.310 e. The topological polar surface area (TPSA) is 354 Å². The lowest BCUT2D eigenvalue weighted by atomic mass is 9.33. The maximum atomic E-state index is 13.2. The van der Waals surface area contributed by atoms with Gasteiger partial charge >= 0.3 is 5.97 Å². The van der Waals surface area contributed by atoms with Crippen molar-refractivity contribution in [2.75, 3.05) is 26.4 Å². The van der Waals surface area contributed by atoms with E-state index in [1.165, 1.54) is 12.5 Å². The Morgan fingerprint density at radius 3 is 1.88 bits per heavy atom. The molecule has 7 unspecified atom stereocenters. The van der Waals surface area contributed by atoms with Crippen molar-refractivity contribution in [1.82, 2.24) is 0 Å². The molecule has 0 spiro atoms. The van der Waals surface area contributed by atoms with Gasteiger partial charge in [-0.1, -0.05) is 53.2 Å². The van der Waals surface area contributed by atoms with Gasteiger partial charge in [0.1, 0.15) is 85.5 Å². The number of aliphatic carboxylic acids is 1. The van der Waals surface area contributed by atoms with Crippen LogP contribution < -0.4 is 0 Å². The van der Waals surface area contributed by atoms with E-state index in [0.29, 0.717) is 19.3 Å². The normalized spacial score (nSPS) is 54.9. The van der Waals surface area contributed by atoms with Crippen LogP contribution in [0.3, 0.4) is 0 Å². The molecule has 22 nitrogen and oxygen atoms in total. The molecule has 0 bridgehead atoms. The van der Waals surface area contributed by atoms with E-state index in [-0.39, 0.29) is 52.6 Å². The molecule has 22 heteroatoms. The number of hydrogen-bond acceptors (Lipinski definition) is 21. The summed E-state index contributed by atoms with van der Waals surface area (Å²) in [5.41, 5.74) is -0.839. The zero-order valence-electron chi connectivity index (χ0n) is 44.2. The van der Waals surface area contributed by atoms with Crippen LogP contribution in [0.5, 0.6) is 0 Å². The van der Waals surface area contributed by atoms with Crippen molar-refractivity contribution in [3.63, 3.8) is 0 Å². The highest BCUT2D eigenvalue weighted by Crippen LogP contribution is 2.76. The van der Waals surface area contributed by atoms with Crippen LogP contribution in [-0.2, 0) is 42.7 Å². The second kappa shape index (κ2) is 21.1. The van der Waals surface area contributed by atoms with Crippen molar-refractivity contribution < 1.29 is 109 Å². The van der Waals surface area contributed by atoms with Gasteiger partial charge in [0.25, 0.3) is 0 Å². The minimum Gasteiger partial charge on any atom is -0.481 e. The highest BCUT2D eigenvalue weighted by atomic mass is 16.8. The van der Waals surface area contributed by atoms with E-state index in [0.717, 1.165) is 44.9 Å². The lowest BCUT2D eigenvalue weighted by Crippen LogP contribution is -2.67. The highest BCUT2D eigenvalue weighted by molar-refractivity contribution is 5.76. The first-order valence-corrected chi connectivity index (χ1v) is 27.3. The predicted molar refractivity (Wildman–Crippen MR) is 257 cm³/mol. The third-order valence-corrected chi connectivity index (χ3v) is 21.2. The fourth-order valence-electron chi connectivity index (χ4n) is 16.3. The Labute approximate surface area is 437 Å². The average molecular weight is 1080 g/mol. The van der Waals surface area contributed by atoms with Crippen LogP contribution >= 0.6 is 0 Å². The molecule has 0 aromatic carbocycles. The van der Waals surface area contributed by atoms with Gasteiger partial charge in [0.15, 0.2) is 25.2 Å². The van der Waals surface area contributed by atoms with Crippen LogP contribution in [0.15, 0.2) is 11.6 Å². The Bertz CT molecular complexity index is 2060. The van der Waals surface area contributed by atoms with Crippen molar-refractivity contribution >= 4 is 5.97 Å². The van der Waals surface area contributed by atoms with Crippen LogP contribution in [0.2, 0.25) is 0 Å². The minimum atomic E-state index is -2.01. The van der Waals surface area contributed by atoms with Gasteiger partial charge < -0.3 is 104 Å². The SMILES string of the molecule is C[C@H]1O[C@@H](O[C@@H]2[C@H](OC3CCC4(C)C5CC=C6C7CC(C)(C)CCC7(C(=O)O)CC[C@@]6(C)C5(C)CCC4[C@]3(C)CO)OC[C@@H](O)[C@H]2O)[C@@H](O)[C@@H](O[C@@H]2O[C@H](CO)[C@@H](O[C@@H]3O[C@H](CO)[C@@H](O)[C@H](O)[C@H]3O)[C@H](O)[C@H]2O)[C@@H]1O. The molecule has 4 saturated carbocycles. The first-order chi connectivity index (χ1) is 35.2. The van der Waals surface area contributed by atoms with Crippen molar-refractivity contribution in [2.24, 2.45) is 50.2 Å². The molecule has 5 aliphatic carbocycles. The van der Waals surface area contributed by atoms with Crippen molar-refractivity contribution in [2.45, 2.75) is 235 Å². The van der Waals surface area contributed by atoms with E-state index in [4.69, 9.17) is 37.9 Å². The van der Waals surface area contributed by atoms with Gasteiger partial charge in [-0.15, -0.1) is 0 Å². The van der Waals surface area contributed by atoms with Gasteiger partial charge in [-0.25, -0.2) is 0 Å². The van der Waals surface area contributed by atoms with Gasteiger partial charge in [0, 0.05) is 5.41 Å². The lowest BCUT2D eigenvalue weighted by Gasteiger charge is -2.71. The fourth-order valence-corrected chi connectivity index (χ4v) is 16.3. The molecule has 28 atom stereocenters. The summed E-state index contributed by atoms with van der Waals surface area (Å²) in [6.45, 7) is 12.9. The zero-order chi connectivity index (χ0) is 54.7. The molecule has 9 aliphatic rings. The summed E-state index contributed by atoms with van der Waals surface area (Å²) in [7, 11) is 0. The molecule has 8 fully saturated rings. The van der Waals surface area contributed by atoms with Crippen LogP contribution in [0.25, 0.3) is 0 Å². The Morgan fingerprint density at radius 2 is 1.23 bits per heavy atom. The number of ether oxygens (including phenoxy) is 8. The Balaban J connectivity index is 0.899. The number of allylic oxidation sites excluding steroid dienone is 2. The quantitative estimate of drug-likeness (QED) is 0.0838. The molecule has 430 valence electrons. The summed E-state index contributed by atoms with van der Waals surface area (Å²) in [5.74, 6) is -0.514. The third-order valence-electron chi connectivity index (χ3n) is 21.2. The van der Waals surface area contributed by atoms with Gasteiger partial charge in [-0.2, -0.15) is 0 Å². The number of rotatable bonds is 12. The molecule has 9 rings (SSSR count). The highest BCUT2D eigenvalue weighted by Gasteiger charge is 2.70. The summed E-state index contributed by atoms with van der Waals surface area (Å²) >= 11 is 0. The number of carboxylic acid groups (broad SMARTS) is 1. The first-order valence-electron chi connectivity index (χ1n) is 27.3. The summed E-state index contributed by atoms with van der Waals surface area (Å²) in [5, 5.41) is 141. The number of hydrogen-bond donors (Lipinski definition) is 13.